The SMILES string of the molecule is OC1(Cc2cccc(CC3(S)C4CC5CC(C4)CC3C5)n2)C2CC3CC(C2)CC1C3. The molecular formula is C27H37NOS. The van der Waals surface area contributed by atoms with Crippen LogP contribution >= 0.6 is 12.6 Å². The molecule has 8 saturated carbocycles. The van der Waals surface area contributed by atoms with Crippen molar-refractivity contribution in [2.45, 2.75) is 87.4 Å². The molecule has 0 atom stereocenters. The van der Waals surface area contributed by atoms with E-state index in [9.17, 15) is 5.11 Å². The molecule has 1 N–H and O–H groups in total. The lowest BCUT2D eigenvalue weighted by molar-refractivity contribution is -0.172. The molecule has 0 aliphatic heterocycles. The van der Waals surface area contributed by atoms with Crippen LogP contribution in [0.5, 0.6) is 0 Å². The Morgan fingerprint density at radius 1 is 0.700 bits per heavy atom. The first-order chi connectivity index (χ1) is 14.5. The Kier molecular flexibility index (Phi) is 4.11. The van der Waals surface area contributed by atoms with Crippen LogP contribution in [0.15, 0.2) is 18.2 Å². The highest BCUT2D eigenvalue weighted by atomic mass is 32.1. The monoisotopic (exact) mass is 423 g/mol. The number of aromatic nitrogens is 1. The van der Waals surface area contributed by atoms with Crippen molar-refractivity contribution in [3.05, 3.63) is 29.6 Å². The minimum Gasteiger partial charge on any atom is -0.389 e. The molecule has 0 aromatic carbocycles. The molecule has 8 aliphatic rings. The smallest absolute Gasteiger partial charge is 0.0759 e. The standard InChI is InChI=1S/C27H37NOS/c29-26(20-6-16-4-17(8-20)9-21(26)7-16)14-24-2-1-3-25(28-24)15-27(30)22-10-18-5-19(12-22)13-23(27)11-18/h1-3,16-23,29-30H,4-15H2. The van der Waals surface area contributed by atoms with Crippen LogP contribution < -0.4 is 0 Å². The molecule has 2 nitrogen and oxygen atoms in total. The highest BCUT2D eigenvalue weighted by Crippen LogP contribution is 2.62. The van der Waals surface area contributed by atoms with Gasteiger partial charge in [0.05, 0.1) is 5.60 Å². The number of thiol groups is 1. The van der Waals surface area contributed by atoms with Gasteiger partial charge in [0.2, 0.25) is 0 Å². The zero-order valence-corrected chi connectivity index (χ0v) is 19.1. The van der Waals surface area contributed by atoms with Gasteiger partial charge in [-0.05, 0) is 124 Å². The average Bonchev–Trinajstić information content (AvgIpc) is 2.70. The predicted octanol–water partition coefficient (Wildman–Crippen LogP) is 5.48. The van der Waals surface area contributed by atoms with Gasteiger partial charge in [-0.2, -0.15) is 12.6 Å². The fourth-order valence-corrected chi connectivity index (χ4v) is 10.5. The molecule has 8 fully saturated rings. The van der Waals surface area contributed by atoms with Gasteiger partial charge in [-0.1, -0.05) is 6.07 Å². The fourth-order valence-electron chi connectivity index (χ4n) is 9.88. The van der Waals surface area contributed by atoms with Crippen molar-refractivity contribution in [1.29, 1.82) is 0 Å². The third kappa shape index (κ3) is 2.76. The van der Waals surface area contributed by atoms with Crippen LogP contribution in [0.2, 0.25) is 0 Å². The van der Waals surface area contributed by atoms with Crippen molar-refractivity contribution in [3.8, 4) is 0 Å². The van der Waals surface area contributed by atoms with E-state index in [-0.39, 0.29) is 4.75 Å². The average molecular weight is 424 g/mol. The van der Waals surface area contributed by atoms with Gasteiger partial charge in [0, 0.05) is 29.0 Å². The van der Waals surface area contributed by atoms with Crippen LogP contribution in [0.3, 0.4) is 0 Å². The molecule has 8 aliphatic carbocycles. The molecule has 0 spiro atoms. The minimum absolute atomic E-state index is 0.151. The normalized spacial score (nSPS) is 52.9. The zero-order chi connectivity index (χ0) is 20.1. The van der Waals surface area contributed by atoms with Crippen LogP contribution in [-0.2, 0) is 12.8 Å². The Labute approximate surface area is 187 Å². The number of hydrogen-bond donors (Lipinski definition) is 2. The first kappa shape index (κ1) is 19.0. The number of aliphatic hydroxyl groups is 1. The van der Waals surface area contributed by atoms with Gasteiger partial charge in [-0.15, -0.1) is 0 Å². The van der Waals surface area contributed by atoms with Crippen LogP contribution in [-0.4, -0.2) is 20.4 Å². The Balaban J connectivity index is 1.12. The quantitative estimate of drug-likeness (QED) is 0.629. The number of hydrogen-bond acceptors (Lipinski definition) is 3. The number of pyridine rings is 1. The second-order valence-corrected chi connectivity index (χ2v) is 13.4. The van der Waals surface area contributed by atoms with Crippen molar-refractivity contribution in [1.82, 2.24) is 4.98 Å². The summed E-state index contributed by atoms with van der Waals surface area (Å²) in [7, 11) is 0. The lowest BCUT2D eigenvalue weighted by Crippen LogP contribution is -2.58. The molecular weight excluding hydrogens is 386 g/mol. The molecule has 30 heavy (non-hydrogen) atoms. The topological polar surface area (TPSA) is 33.1 Å². The summed E-state index contributed by atoms with van der Waals surface area (Å²) in [5.74, 6) is 6.37. The Morgan fingerprint density at radius 3 is 1.63 bits per heavy atom. The summed E-state index contributed by atoms with van der Waals surface area (Å²) in [5, 5.41) is 11.8. The van der Waals surface area contributed by atoms with E-state index in [1.807, 2.05) is 0 Å². The van der Waals surface area contributed by atoms with Crippen molar-refractivity contribution >= 4 is 12.6 Å². The third-order valence-electron chi connectivity index (χ3n) is 10.9. The molecule has 162 valence electrons. The summed E-state index contributed by atoms with van der Waals surface area (Å²) in [5.41, 5.74) is 1.85. The Hall–Kier alpha value is -0.540. The summed E-state index contributed by atoms with van der Waals surface area (Å²) < 4.78 is 0.151. The van der Waals surface area contributed by atoms with E-state index >= 15 is 0 Å². The second-order valence-electron chi connectivity index (χ2n) is 12.6. The number of nitrogens with zero attached hydrogens (tertiary/aromatic N) is 1. The second kappa shape index (κ2) is 6.50. The van der Waals surface area contributed by atoms with Crippen LogP contribution in [0.1, 0.15) is 75.6 Å². The first-order valence-corrected chi connectivity index (χ1v) is 13.3. The molecule has 0 saturated heterocycles. The first-order valence-electron chi connectivity index (χ1n) is 12.9. The summed E-state index contributed by atoms with van der Waals surface area (Å²) in [6.07, 6.45) is 15.4. The highest BCUT2D eigenvalue weighted by molar-refractivity contribution is 7.81. The van der Waals surface area contributed by atoms with Gasteiger partial charge in [0.15, 0.2) is 0 Å². The van der Waals surface area contributed by atoms with Crippen molar-refractivity contribution in [3.63, 3.8) is 0 Å². The van der Waals surface area contributed by atoms with Gasteiger partial charge in [0.25, 0.3) is 0 Å². The highest BCUT2D eigenvalue weighted by Gasteiger charge is 2.57. The molecule has 3 heteroatoms. The van der Waals surface area contributed by atoms with Crippen molar-refractivity contribution in [2.24, 2.45) is 47.3 Å². The summed E-state index contributed by atoms with van der Waals surface area (Å²) in [6.45, 7) is 0. The van der Waals surface area contributed by atoms with E-state index < -0.39 is 5.60 Å². The van der Waals surface area contributed by atoms with Crippen molar-refractivity contribution < 1.29 is 5.11 Å². The molecule has 0 radical (unpaired) electrons. The van der Waals surface area contributed by atoms with E-state index in [4.69, 9.17) is 17.6 Å². The number of rotatable bonds is 4. The van der Waals surface area contributed by atoms with Crippen LogP contribution in [0, 0.1) is 47.3 Å². The van der Waals surface area contributed by atoms with Gasteiger partial charge >= 0.3 is 0 Å². The van der Waals surface area contributed by atoms with Crippen molar-refractivity contribution in [2.75, 3.05) is 0 Å². The van der Waals surface area contributed by atoms with E-state index in [1.165, 1.54) is 69.9 Å². The Bertz CT molecular complexity index is 728. The van der Waals surface area contributed by atoms with E-state index in [1.54, 1.807) is 0 Å². The molecule has 1 aromatic heterocycles. The van der Waals surface area contributed by atoms with Crippen LogP contribution in [0.4, 0.5) is 0 Å². The maximum atomic E-state index is 11.8. The zero-order valence-electron chi connectivity index (χ0n) is 18.2. The van der Waals surface area contributed by atoms with E-state index in [0.717, 1.165) is 54.0 Å². The van der Waals surface area contributed by atoms with Crippen LogP contribution in [0.25, 0.3) is 0 Å². The molecule has 1 aromatic rings. The van der Waals surface area contributed by atoms with Gasteiger partial charge in [0.1, 0.15) is 0 Å². The van der Waals surface area contributed by atoms with Gasteiger partial charge in [-0.3, -0.25) is 4.98 Å². The summed E-state index contributed by atoms with van der Waals surface area (Å²) in [6, 6.07) is 6.60. The summed E-state index contributed by atoms with van der Waals surface area (Å²) >= 11 is 5.40. The molecule has 0 unspecified atom stereocenters. The van der Waals surface area contributed by atoms with E-state index in [2.05, 4.69) is 18.2 Å². The van der Waals surface area contributed by atoms with E-state index in [0.29, 0.717) is 11.8 Å². The summed E-state index contributed by atoms with van der Waals surface area (Å²) in [4.78, 5) is 5.16. The maximum Gasteiger partial charge on any atom is 0.0759 e. The van der Waals surface area contributed by atoms with Gasteiger partial charge in [-0.25, -0.2) is 0 Å². The molecule has 0 amide bonds. The molecule has 8 bridgehead atoms. The lowest BCUT2D eigenvalue weighted by Gasteiger charge is -2.59. The maximum absolute atomic E-state index is 11.8. The predicted molar refractivity (Wildman–Crippen MR) is 122 cm³/mol. The Morgan fingerprint density at radius 2 is 1.13 bits per heavy atom. The minimum atomic E-state index is -0.500. The van der Waals surface area contributed by atoms with Gasteiger partial charge < -0.3 is 5.11 Å². The largest absolute Gasteiger partial charge is 0.389 e. The fraction of sp³-hybridized carbons (Fsp3) is 0.815. The lowest BCUT2D eigenvalue weighted by atomic mass is 9.49. The third-order valence-corrected chi connectivity index (χ3v) is 11.8. The molecule has 9 rings (SSSR count). The molecule has 1 heterocycles.